The molecule has 0 aromatic heterocycles. The number of nitrogens with zero attached hydrogens (tertiary/aromatic N) is 3. The van der Waals surface area contributed by atoms with E-state index in [0.717, 1.165) is 13.1 Å². The highest BCUT2D eigenvalue weighted by Crippen LogP contribution is 2.61. The number of likely N-dealkylation sites (tertiary alicyclic amines) is 1. The molecule has 4 fully saturated rings. The number of aliphatic hydroxyl groups is 1. The van der Waals surface area contributed by atoms with E-state index in [-0.39, 0.29) is 29.6 Å². The van der Waals surface area contributed by atoms with Crippen LogP contribution in [-0.4, -0.2) is 125 Å². The summed E-state index contributed by atoms with van der Waals surface area (Å²) in [7, 11) is 0. The van der Waals surface area contributed by atoms with E-state index in [0.29, 0.717) is 50.3 Å². The molecule has 4 heterocycles. The zero-order valence-corrected chi connectivity index (χ0v) is 32.3. The smallest absolute Gasteiger partial charge is 0.313 e. The third-order valence-electron chi connectivity index (χ3n) is 11.2. The minimum Gasteiger partial charge on any atom is -0.455 e. The second-order valence-corrected chi connectivity index (χ2v) is 15.7. The number of amides is 3. The maximum absolute atomic E-state index is 15.1. The van der Waals surface area contributed by atoms with E-state index in [4.69, 9.17) is 14.2 Å². The van der Waals surface area contributed by atoms with Crippen LogP contribution in [0.1, 0.15) is 49.5 Å². The Kier molecular flexibility index (Phi) is 13.1. The number of nitrogens with one attached hydrogen (secondary N) is 1. The van der Waals surface area contributed by atoms with Crippen molar-refractivity contribution in [1.29, 1.82) is 0 Å². The van der Waals surface area contributed by atoms with Crippen LogP contribution >= 0.6 is 15.9 Å². The Balaban J connectivity index is 1.36. The summed E-state index contributed by atoms with van der Waals surface area (Å²) >= 11 is 3.76. The van der Waals surface area contributed by atoms with Crippen molar-refractivity contribution in [2.45, 2.75) is 66.9 Å². The highest BCUT2D eigenvalue weighted by Gasteiger charge is 2.77. The lowest BCUT2D eigenvalue weighted by atomic mass is 9.70. The predicted molar refractivity (Wildman–Crippen MR) is 205 cm³/mol. The van der Waals surface area contributed by atoms with Crippen molar-refractivity contribution < 1.29 is 38.5 Å². The Morgan fingerprint density at radius 2 is 1.74 bits per heavy atom. The van der Waals surface area contributed by atoms with Crippen LogP contribution in [0.2, 0.25) is 0 Å². The topological polar surface area (TPSA) is 138 Å². The molecular formula is C41H51BrN4O8. The van der Waals surface area contributed by atoms with Gasteiger partial charge in [-0.25, -0.2) is 0 Å². The number of esters is 1. The zero-order valence-electron chi connectivity index (χ0n) is 30.8. The number of benzene rings is 2. The number of rotatable bonds is 17. The second kappa shape index (κ2) is 17.7. The van der Waals surface area contributed by atoms with Gasteiger partial charge in [0.05, 0.1) is 49.8 Å². The zero-order chi connectivity index (χ0) is 38.4. The summed E-state index contributed by atoms with van der Waals surface area (Å²) in [6.45, 7) is 12.9. The van der Waals surface area contributed by atoms with Gasteiger partial charge in [-0.3, -0.25) is 24.1 Å². The molecule has 2 aromatic rings. The molecule has 54 heavy (non-hydrogen) atoms. The van der Waals surface area contributed by atoms with Gasteiger partial charge >= 0.3 is 5.97 Å². The van der Waals surface area contributed by atoms with E-state index in [9.17, 15) is 14.7 Å². The molecule has 12 nitrogen and oxygen atoms in total. The Morgan fingerprint density at radius 1 is 1.07 bits per heavy atom. The van der Waals surface area contributed by atoms with Gasteiger partial charge in [0, 0.05) is 44.0 Å². The molecule has 0 radical (unpaired) electrons. The number of halogens is 1. The molecule has 3 amide bonds. The minimum absolute atomic E-state index is 0.210. The Bertz CT molecular complexity index is 1660. The summed E-state index contributed by atoms with van der Waals surface area (Å²) in [6, 6.07) is 15.6. The van der Waals surface area contributed by atoms with Crippen molar-refractivity contribution in [3.8, 4) is 0 Å². The maximum atomic E-state index is 15.1. The van der Waals surface area contributed by atoms with Crippen LogP contribution in [0.3, 0.4) is 0 Å². The molecule has 4 aliphatic heterocycles. The molecule has 1 unspecified atom stereocenters. The van der Waals surface area contributed by atoms with Crippen molar-refractivity contribution in [3.05, 3.63) is 97.1 Å². The number of hydrogen-bond donors (Lipinski definition) is 2. The molecule has 13 heteroatoms. The van der Waals surface area contributed by atoms with Crippen molar-refractivity contribution in [2.75, 3.05) is 52.5 Å². The Morgan fingerprint density at radius 3 is 2.37 bits per heavy atom. The van der Waals surface area contributed by atoms with Crippen LogP contribution < -0.4 is 5.32 Å². The number of allylic oxidation sites excluding steroid dienone is 1. The Labute approximate surface area is 325 Å². The normalized spacial score (nSPS) is 27.8. The van der Waals surface area contributed by atoms with Crippen molar-refractivity contribution >= 4 is 39.6 Å². The number of alkyl halides is 1. The number of carbonyl (C=O) groups is 4. The van der Waals surface area contributed by atoms with E-state index >= 15 is 9.59 Å². The number of aliphatic hydroxyl groups excluding tert-OH is 1. The largest absolute Gasteiger partial charge is 0.455 e. The number of fused-ring (bicyclic) bond motifs is 1. The van der Waals surface area contributed by atoms with Gasteiger partial charge in [-0.15, -0.1) is 13.2 Å². The molecule has 4 aliphatic rings. The van der Waals surface area contributed by atoms with Gasteiger partial charge in [-0.1, -0.05) is 88.7 Å². The van der Waals surface area contributed by atoms with Crippen LogP contribution in [-0.2, 0) is 33.4 Å². The van der Waals surface area contributed by atoms with Crippen LogP contribution in [0.5, 0.6) is 0 Å². The Hall–Kier alpha value is -3.88. The first kappa shape index (κ1) is 39.8. The first-order valence-electron chi connectivity index (χ1n) is 18.8. The monoisotopic (exact) mass is 806 g/mol. The fourth-order valence-corrected chi connectivity index (χ4v) is 9.57. The summed E-state index contributed by atoms with van der Waals surface area (Å²) < 4.78 is 18.6. The van der Waals surface area contributed by atoms with Crippen molar-refractivity contribution in [2.24, 2.45) is 11.8 Å². The summed E-state index contributed by atoms with van der Waals surface area (Å²) in [6.07, 6.45) is 2.72. The molecule has 0 aliphatic carbocycles. The van der Waals surface area contributed by atoms with Gasteiger partial charge in [0.25, 0.3) is 0 Å². The van der Waals surface area contributed by atoms with Gasteiger partial charge in [0.2, 0.25) is 17.7 Å². The first-order chi connectivity index (χ1) is 26.1. The molecule has 2 bridgehead atoms. The SMILES string of the molecule is C=CCCC(=O)N[C@@H](C)[C@H](OC(=O)[C@H]1[C@@H]2O[C@@]3(CC2Br)[C@@H]1C(=O)N([C@H](CO)c1ccccc1)[C@@H]3C(=O)N(CC=C)CCN1CCOCC1)c1ccccc1. The van der Waals surface area contributed by atoms with Crippen LogP contribution in [0, 0.1) is 11.8 Å². The molecule has 0 saturated carbocycles. The minimum atomic E-state index is -1.38. The summed E-state index contributed by atoms with van der Waals surface area (Å²) in [4.78, 5) is 62.5. The van der Waals surface area contributed by atoms with E-state index in [1.54, 1.807) is 24.0 Å². The maximum Gasteiger partial charge on any atom is 0.313 e. The molecule has 290 valence electrons. The van der Waals surface area contributed by atoms with Gasteiger partial charge in [-0.05, 0) is 30.9 Å². The average molecular weight is 808 g/mol. The third kappa shape index (κ3) is 7.92. The first-order valence-corrected chi connectivity index (χ1v) is 19.7. The molecule has 2 aromatic carbocycles. The standard InChI is InChI=1S/C41H51BrN4O8/c1-4-6-17-32(48)43-27(3)35(29-15-11-8-12-16-29)53-40(51)33-34-38(49)46(31(26-47)28-13-9-7-10-14-28)37(41(34)25-30(42)36(33)54-41)39(50)45(18-5-2)20-19-44-21-23-52-24-22-44/h4-5,7-16,27,30-31,33-37,47H,1-2,6,17-26H2,3H3,(H,43,48)/t27-,30?,31+,33+,34-,35-,36+,37+,41-/m0/s1. The average Bonchev–Trinajstić information content (AvgIpc) is 3.79. The van der Waals surface area contributed by atoms with E-state index < -0.39 is 66.3 Å². The molecule has 2 N–H and O–H groups in total. The van der Waals surface area contributed by atoms with Gasteiger partial charge in [0.1, 0.15) is 17.7 Å². The van der Waals surface area contributed by atoms with Gasteiger partial charge < -0.3 is 34.4 Å². The van der Waals surface area contributed by atoms with Crippen molar-refractivity contribution in [1.82, 2.24) is 20.0 Å². The number of ether oxygens (including phenoxy) is 3. The van der Waals surface area contributed by atoms with E-state index in [1.807, 2.05) is 60.7 Å². The summed E-state index contributed by atoms with van der Waals surface area (Å²) in [5.74, 6) is -3.78. The van der Waals surface area contributed by atoms with Crippen molar-refractivity contribution in [3.63, 3.8) is 0 Å². The molecule has 4 saturated heterocycles. The molecule has 1 spiro atoms. The third-order valence-corrected chi connectivity index (χ3v) is 12.0. The summed E-state index contributed by atoms with van der Waals surface area (Å²) in [5.41, 5.74) is -0.0570. The predicted octanol–water partition coefficient (Wildman–Crippen LogP) is 3.57. The lowest BCUT2D eigenvalue weighted by molar-refractivity contribution is -0.162. The molecule has 9 atom stereocenters. The highest BCUT2D eigenvalue weighted by atomic mass is 79.9. The van der Waals surface area contributed by atoms with Crippen LogP contribution in [0.15, 0.2) is 86.0 Å². The van der Waals surface area contributed by atoms with Crippen LogP contribution in [0.25, 0.3) is 0 Å². The van der Waals surface area contributed by atoms with E-state index in [1.165, 1.54) is 4.90 Å². The fourth-order valence-electron chi connectivity index (χ4n) is 8.63. The molecule has 6 rings (SSSR count). The number of morpholine rings is 1. The second-order valence-electron chi connectivity index (χ2n) is 14.5. The lowest BCUT2D eigenvalue weighted by Gasteiger charge is -2.40. The van der Waals surface area contributed by atoms with E-state index in [2.05, 4.69) is 39.3 Å². The van der Waals surface area contributed by atoms with Gasteiger partial charge in [-0.2, -0.15) is 0 Å². The highest BCUT2D eigenvalue weighted by molar-refractivity contribution is 9.09. The lowest BCUT2D eigenvalue weighted by Crippen LogP contribution is -2.58. The number of carbonyl (C=O) groups excluding carboxylic acids is 4. The summed E-state index contributed by atoms with van der Waals surface area (Å²) in [5, 5.41) is 13.9. The number of hydrogen-bond acceptors (Lipinski definition) is 9. The quantitative estimate of drug-likeness (QED) is 0.140. The molecular weight excluding hydrogens is 756 g/mol. The van der Waals surface area contributed by atoms with Gasteiger partial charge in [0.15, 0.2) is 0 Å². The van der Waals surface area contributed by atoms with Crippen LogP contribution in [0.4, 0.5) is 0 Å². The fraction of sp³-hybridized carbons (Fsp3) is 0.512.